The number of benzene rings is 1. The molecule has 3 heteroatoms. The van der Waals surface area contributed by atoms with Crippen LogP contribution in [-0.4, -0.2) is 10.4 Å². The summed E-state index contributed by atoms with van der Waals surface area (Å²) in [6.07, 6.45) is 1.41. The van der Waals surface area contributed by atoms with Crippen molar-refractivity contribution in [3.63, 3.8) is 0 Å². The van der Waals surface area contributed by atoms with Crippen LogP contribution in [0.1, 0.15) is 24.6 Å². The monoisotopic (exact) mass is 249 g/mol. The number of fused-ring (bicyclic) bond motifs is 1. The van der Waals surface area contributed by atoms with Gasteiger partial charge in [-0.3, -0.25) is 0 Å². The second kappa shape index (κ2) is 4.53. The summed E-state index contributed by atoms with van der Waals surface area (Å²) < 4.78 is 2.14. The molecule has 2 aromatic rings. The van der Waals surface area contributed by atoms with Gasteiger partial charge in [0.05, 0.1) is 0 Å². The number of Topliss-reactive ketones (excluding diaryl/α,β-unsaturated/α-hetero) is 1. The lowest BCUT2D eigenvalue weighted by atomic mass is 10.0. The summed E-state index contributed by atoms with van der Waals surface area (Å²) in [5.74, 6) is 0.232. The molecule has 0 amide bonds. The molecule has 90 valence electrons. The maximum absolute atomic E-state index is 11.1. The molecule has 1 aromatic carbocycles. The van der Waals surface area contributed by atoms with Gasteiger partial charge in [-0.2, -0.15) is 0 Å². The first-order valence-corrected chi connectivity index (χ1v) is 6.11. The summed E-state index contributed by atoms with van der Waals surface area (Å²) in [6.45, 7) is 3.72. The van der Waals surface area contributed by atoms with Crippen molar-refractivity contribution in [1.29, 1.82) is 0 Å². The second-order valence-electron chi connectivity index (χ2n) is 4.49. The lowest BCUT2D eigenvalue weighted by Crippen LogP contribution is -1.96. The van der Waals surface area contributed by atoms with Crippen LogP contribution in [0.15, 0.2) is 18.2 Å². The Morgan fingerprint density at radius 1 is 1.41 bits per heavy atom. The molecular weight excluding hydrogens is 234 g/mol. The minimum atomic E-state index is 0.232. The summed E-state index contributed by atoms with van der Waals surface area (Å²) in [4.78, 5) is 11.1. The van der Waals surface area contributed by atoms with Gasteiger partial charge in [0.1, 0.15) is 5.78 Å². The summed E-state index contributed by atoms with van der Waals surface area (Å²) in [7, 11) is 2.03. The van der Waals surface area contributed by atoms with E-state index in [1.807, 2.05) is 25.2 Å². The minimum absolute atomic E-state index is 0.232. The number of ketones is 1. The van der Waals surface area contributed by atoms with Crippen molar-refractivity contribution >= 4 is 28.3 Å². The van der Waals surface area contributed by atoms with Gasteiger partial charge in [-0.1, -0.05) is 17.7 Å². The maximum Gasteiger partial charge on any atom is 0.130 e. The minimum Gasteiger partial charge on any atom is -0.348 e. The zero-order valence-electron chi connectivity index (χ0n) is 10.4. The summed E-state index contributed by atoms with van der Waals surface area (Å²) >= 11 is 6.01. The molecule has 0 fully saturated rings. The first-order chi connectivity index (χ1) is 8.00. The zero-order chi connectivity index (χ0) is 12.6. The number of rotatable bonds is 3. The number of aromatic nitrogens is 1. The van der Waals surface area contributed by atoms with Crippen LogP contribution < -0.4 is 0 Å². The van der Waals surface area contributed by atoms with Crippen LogP contribution in [0, 0.1) is 6.92 Å². The average Bonchev–Trinajstić information content (AvgIpc) is 2.50. The van der Waals surface area contributed by atoms with Crippen LogP contribution in [0.5, 0.6) is 0 Å². The standard InChI is InChI=1S/C14H16ClNO/c1-9(17)4-6-12-10(2)16(3)14-8-11(15)5-7-13(12)14/h5,7-8H,4,6H2,1-3H3. The molecule has 0 saturated carbocycles. The van der Waals surface area contributed by atoms with E-state index in [2.05, 4.69) is 11.5 Å². The smallest absolute Gasteiger partial charge is 0.130 e. The van der Waals surface area contributed by atoms with Gasteiger partial charge in [0.25, 0.3) is 0 Å². The van der Waals surface area contributed by atoms with E-state index in [0.29, 0.717) is 6.42 Å². The van der Waals surface area contributed by atoms with Gasteiger partial charge in [-0.25, -0.2) is 0 Å². The quantitative estimate of drug-likeness (QED) is 0.814. The summed E-state index contributed by atoms with van der Waals surface area (Å²) in [6, 6.07) is 5.92. The molecule has 0 radical (unpaired) electrons. The molecule has 2 nitrogen and oxygen atoms in total. The highest BCUT2D eigenvalue weighted by atomic mass is 35.5. The van der Waals surface area contributed by atoms with Crippen molar-refractivity contribution in [2.75, 3.05) is 0 Å². The van der Waals surface area contributed by atoms with E-state index < -0.39 is 0 Å². The van der Waals surface area contributed by atoms with Gasteiger partial charge in [0, 0.05) is 35.1 Å². The van der Waals surface area contributed by atoms with Gasteiger partial charge in [-0.15, -0.1) is 0 Å². The molecule has 0 atom stereocenters. The molecule has 0 saturated heterocycles. The Bertz CT molecular complexity index is 583. The topological polar surface area (TPSA) is 22.0 Å². The first kappa shape index (κ1) is 12.2. The number of hydrogen-bond donors (Lipinski definition) is 0. The van der Waals surface area contributed by atoms with Crippen molar-refractivity contribution in [2.24, 2.45) is 7.05 Å². The fraction of sp³-hybridized carbons (Fsp3) is 0.357. The van der Waals surface area contributed by atoms with Gasteiger partial charge < -0.3 is 9.36 Å². The molecule has 2 rings (SSSR count). The Labute approximate surface area is 106 Å². The van der Waals surface area contributed by atoms with E-state index in [1.165, 1.54) is 16.6 Å². The lowest BCUT2D eigenvalue weighted by molar-refractivity contribution is -0.116. The highest BCUT2D eigenvalue weighted by Gasteiger charge is 2.12. The third-order valence-electron chi connectivity index (χ3n) is 3.31. The van der Waals surface area contributed by atoms with Crippen LogP contribution >= 0.6 is 11.6 Å². The Kier molecular flexibility index (Phi) is 3.25. The average molecular weight is 250 g/mol. The Balaban J connectivity index is 2.54. The Morgan fingerprint density at radius 2 is 2.12 bits per heavy atom. The molecule has 0 spiro atoms. The summed E-state index contributed by atoms with van der Waals surface area (Å²) in [5, 5.41) is 1.95. The van der Waals surface area contributed by atoms with E-state index in [1.54, 1.807) is 6.92 Å². The fourth-order valence-electron chi connectivity index (χ4n) is 2.23. The van der Waals surface area contributed by atoms with Crippen molar-refractivity contribution in [3.05, 3.63) is 34.5 Å². The Hall–Kier alpha value is -1.28. The van der Waals surface area contributed by atoms with Crippen molar-refractivity contribution in [3.8, 4) is 0 Å². The molecule has 1 aromatic heterocycles. The molecule has 0 aliphatic heterocycles. The van der Waals surface area contributed by atoms with Crippen molar-refractivity contribution in [2.45, 2.75) is 26.7 Å². The molecular formula is C14H16ClNO. The predicted molar refractivity (Wildman–Crippen MR) is 71.7 cm³/mol. The van der Waals surface area contributed by atoms with E-state index in [0.717, 1.165) is 17.0 Å². The van der Waals surface area contributed by atoms with E-state index >= 15 is 0 Å². The van der Waals surface area contributed by atoms with Crippen LogP contribution in [0.2, 0.25) is 5.02 Å². The molecule has 0 bridgehead atoms. The van der Waals surface area contributed by atoms with Gasteiger partial charge in [0.15, 0.2) is 0 Å². The van der Waals surface area contributed by atoms with E-state index in [4.69, 9.17) is 11.6 Å². The third-order valence-corrected chi connectivity index (χ3v) is 3.55. The van der Waals surface area contributed by atoms with Crippen LogP contribution in [0.25, 0.3) is 10.9 Å². The van der Waals surface area contributed by atoms with Crippen LogP contribution in [0.4, 0.5) is 0 Å². The van der Waals surface area contributed by atoms with Gasteiger partial charge >= 0.3 is 0 Å². The maximum atomic E-state index is 11.1. The molecule has 0 aliphatic rings. The predicted octanol–water partition coefficient (Wildman–Crippen LogP) is 3.66. The number of carbonyl (C=O) groups is 1. The number of halogens is 1. The molecule has 17 heavy (non-hydrogen) atoms. The Morgan fingerprint density at radius 3 is 2.76 bits per heavy atom. The number of aryl methyl sites for hydroxylation is 2. The number of hydrogen-bond acceptors (Lipinski definition) is 1. The first-order valence-electron chi connectivity index (χ1n) is 5.73. The number of nitrogens with zero attached hydrogens (tertiary/aromatic N) is 1. The van der Waals surface area contributed by atoms with Crippen molar-refractivity contribution in [1.82, 2.24) is 4.57 Å². The molecule has 0 unspecified atom stereocenters. The summed E-state index contributed by atoms with van der Waals surface area (Å²) in [5.41, 5.74) is 3.60. The SMILES string of the molecule is CC(=O)CCc1c(C)n(C)c2cc(Cl)ccc12. The highest BCUT2D eigenvalue weighted by Crippen LogP contribution is 2.28. The highest BCUT2D eigenvalue weighted by molar-refractivity contribution is 6.31. The largest absolute Gasteiger partial charge is 0.348 e. The van der Waals surface area contributed by atoms with E-state index in [-0.39, 0.29) is 5.78 Å². The van der Waals surface area contributed by atoms with Gasteiger partial charge in [-0.05, 0) is 38.0 Å². The van der Waals surface area contributed by atoms with E-state index in [9.17, 15) is 4.79 Å². The normalized spacial score (nSPS) is 11.1. The van der Waals surface area contributed by atoms with Gasteiger partial charge in [0.2, 0.25) is 0 Å². The number of carbonyl (C=O) groups excluding carboxylic acids is 1. The van der Waals surface area contributed by atoms with Crippen LogP contribution in [0.3, 0.4) is 0 Å². The molecule has 1 heterocycles. The molecule has 0 N–H and O–H groups in total. The fourth-order valence-corrected chi connectivity index (χ4v) is 2.40. The zero-order valence-corrected chi connectivity index (χ0v) is 11.1. The third kappa shape index (κ3) is 2.22. The molecule has 0 aliphatic carbocycles. The second-order valence-corrected chi connectivity index (χ2v) is 4.92. The van der Waals surface area contributed by atoms with Crippen molar-refractivity contribution < 1.29 is 4.79 Å². The lowest BCUT2D eigenvalue weighted by Gasteiger charge is -2.00. The van der Waals surface area contributed by atoms with Crippen LogP contribution in [-0.2, 0) is 18.3 Å².